The number of allylic oxidation sites excluding steroid dienone is 2. The molecule has 4 saturated carbocycles. The third-order valence-electron chi connectivity index (χ3n) is 11.7. The normalized spacial score (nSPS) is 58.7. The highest BCUT2D eigenvalue weighted by Gasteiger charge is 2.68. The summed E-state index contributed by atoms with van der Waals surface area (Å²) in [6.07, 6.45) is 18.9. The van der Waals surface area contributed by atoms with Crippen molar-refractivity contribution in [2.45, 2.75) is 104 Å². The summed E-state index contributed by atoms with van der Waals surface area (Å²) in [5.74, 6) is 3.44. The Balaban J connectivity index is 1.55. The Morgan fingerprint density at radius 3 is 2.30 bits per heavy atom. The first-order valence-electron chi connectivity index (χ1n) is 12.0. The average molecular weight is 370 g/mol. The van der Waals surface area contributed by atoms with Crippen molar-refractivity contribution in [2.24, 2.45) is 51.1 Å². The molecule has 0 heterocycles. The quantitative estimate of drug-likeness (QED) is 0.471. The Kier molecular flexibility index (Phi) is 3.77. The van der Waals surface area contributed by atoms with Gasteiger partial charge in [0.1, 0.15) is 0 Å². The van der Waals surface area contributed by atoms with Crippen LogP contribution in [-0.4, -0.2) is 5.54 Å². The molecule has 1 heteroatoms. The van der Waals surface area contributed by atoms with Gasteiger partial charge in [0, 0.05) is 5.54 Å². The van der Waals surface area contributed by atoms with E-state index in [0.717, 1.165) is 23.7 Å². The first-order valence-corrected chi connectivity index (χ1v) is 12.0. The third kappa shape index (κ3) is 2.16. The van der Waals surface area contributed by atoms with Crippen LogP contribution in [-0.2, 0) is 0 Å². The number of hydrogen-bond donors (Lipinski definition) is 1. The van der Waals surface area contributed by atoms with Gasteiger partial charge >= 0.3 is 0 Å². The van der Waals surface area contributed by atoms with E-state index in [9.17, 15) is 0 Å². The van der Waals surface area contributed by atoms with E-state index in [4.69, 9.17) is 5.73 Å². The second kappa shape index (κ2) is 5.44. The van der Waals surface area contributed by atoms with Crippen molar-refractivity contribution in [3.63, 3.8) is 0 Å². The van der Waals surface area contributed by atoms with Crippen molar-refractivity contribution in [2.75, 3.05) is 0 Å². The standard InChI is InChI=1S/C26H43N/c1-22(2)12-7-13-23(3)20(22)11-15-25(5)21(23)10-9-18-19-8-6-14-26(19,27)17-16-24(18,25)4/h7,12,18-21H,6,8-11,13-17,27H2,1-5H3/t18?,19-,20+,21-,23?,24-,25?,26?/m1/s1. The van der Waals surface area contributed by atoms with Gasteiger partial charge in [0.05, 0.1) is 0 Å². The molecule has 4 unspecified atom stereocenters. The van der Waals surface area contributed by atoms with E-state index in [1.54, 1.807) is 0 Å². The Bertz CT molecular complexity index is 663. The van der Waals surface area contributed by atoms with Crippen molar-refractivity contribution >= 4 is 0 Å². The smallest absolute Gasteiger partial charge is 0.0185 e. The highest BCUT2D eigenvalue weighted by molar-refractivity contribution is 5.21. The summed E-state index contributed by atoms with van der Waals surface area (Å²) in [6.45, 7) is 13.1. The van der Waals surface area contributed by atoms with Crippen LogP contribution in [0, 0.1) is 45.3 Å². The van der Waals surface area contributed by atoms with Gasteiger partial charge in [-0.15, -0.1) is 0 Å². The van der Waals surface area contributed by atoms with Crippen molar-refractivity contribution in [3.8, 4) is 0 Å². The van der Waals surface area contributed by atoms with Crippen LogP contribution in [0.4, 0.5) is 0 Å². The van der Waals surface area contributed by atoms with E-state index in [1.807, 2.05) is 0 Å². The molecular weight excluding hydrogens is 326 g/mol. The summed E-state index contributed by atoms with van der Waals surface area (Å²) in [5, 5.41) is 0. The average Bonchev–Trinajstić information content (AvgIpc) is 2.97. The SMILES string of the molecule is CC1(C)C=CCC2(C)[C@H]3CCC4[C@H]5CCCC5(N)CC[C@@]4(C)C3(C)CC[C@@H]12. The molecule has 0 aromatic heterocycles. The molecule has 0 amide bonds. The second-order valence-corrected chi connectivity index (χ2v) is 12.8. The van der Waals surface area contributed by atoms with Crippen LogP contribution < -0.4 is 5.73 Å². The fourth-order valence-electron chi connectivity index (χ4n) is 10.2. The second-order valence-electron chi connectivity index (χ2n) is 12.8. The monoisotopic (exact) mass is 369 g/mol. The van der Waals surface area contributed by atoms with E-state index in [2.05, 4.69) is 46.8 Å². The Morgan fingerprint density at radius 1 is 0.741 bits per heavy atom. The molecule has 0 aliphatic heterocycles. The maximum Gasteiger partial charge on any atom is 0.0185 e. The number of hydrogen-bond acceptors (Lipinski definition) is 1. The summed E-state index contributed by atoms with van der Waals surface area (Å²) in [4.78, 5) is 0. The van der Waals surface area contributed by atoms with Gasteiger partial charge in [-0.25, -0.2) is 0 Å². The van der Waals surface area contributed by atoms with Gasteiger partial charge in [-0.3, -0.25) is 0 Å². The topological polar surface area (TPSA) is 26.0 Å². The summed E-state index contributed by atoms with van der Waals surface area (Å²) >= 11 is 0. The minimum atomic E-state index is 0.185. The van der Waals surface area contributed by atoms with Crippen LogP contribution in [0.5, 0.6) is 0 Å². The first kappa shape index (κ1) is 18.7. The molecule has 1 nitrogen and oxygen atoms in total. The minimum Gasteiger partial charge on any atom is -0.325 e. The van der Waals surface area contributed by atoms with Crippen molar-refractivity contribution in [1.29, 1.82) is 0 Å². The molecule has 0 spiro atoms. The van der Waals surface area contributed by atoms with Crippen LogP contribution in [0.25, 0.3) is 0 Å². The molecule has 0 bridgehead atoms. The predicted molar refractivity (Wildman–Crippen MR) is 114 cm³/mol. The minimum absolute atomic E-state index is 0.185. The molecule has 0 saturated heterocycles. The number of nitrogens with two attached hydrogens (primary N) is 1. The first-order chi connectivity index (χ1) is 12.6. The fourth-order valence-corrected chi connectivity index (χ4v) is 10.2. The maximum atomic E-state index is 7.00. The molecule has 0 aromatic rings. The van der Waals surface area contributed by atoms with Crippen LogP contribution in [0.1, 0.15) is 98.8 Å². The molecule has 5 aliphatic rings. The zero-order valence-corrected chi connectivity index (χ0v) is 18.6. The third-order valence-corrected chi connectivity index (χ3v) is 11.7. The maximum absolute atomic E-state index is 7.00. The van der Waals surface area contributed by atoms with Gasteiger partial charge in [0.2, 0.25) is 0 Å². The molecule has 0 aromatic carbocycles. The van der Waals surface area contributed by atoms with E-state index < -0.39 is 0 Å². The molecule has 8 atom stereocenters. The molecule has 27 heavy (non-hydrogen) atoms. The molecule has 4 fully saturated rings. The lowest BCUT2D eigenvalue weighted by Crippen LogP contribution is -2.66. The van der Waals surface area contributed by atoms with E-state index in [1.165, 1.54) is 64.2 Å². The lowest BCUT2D eigenvalue weighted by atomic mass is 9.33. The zero-order valence-electron chi connectivity index (χ0n) is 18.6. The molecule has 152 valence electrons. The lowest BCUT2D eigenvalue weighted by molar-refractivity contribution is -0.215. The molecule has 0 radical (unpaired) electrons. The zero-order chi connectivity index (χ0) is 19.3. The van der Waals surface area contributed by atoms with Crippen molar-refractivity contribution in [3.05, 3.63) is 12.2 Å². The van der Waals surface area contributed by atoms with Crippen molar-refractivity contribution in [1.82, 2.24) is 0 Å². The number of fused-ring (bicyclic) bond motifs is 7. The van der Waals surface area contributed by atoms with Gasteiger partial charge in [0.15, 0.2) is 0 Å². The lowest BCUT2D eigenvalue weighted by Gasteiger charge is -2.71. The van der Waals surface area contributed by atoms with Gasteiger partial charge in [-0.2, -0.15) is 0 Å². The Hall–Kier alpha value is -0.300. The molecular formula is C26H43N. The van der Waals surface area contributed by atoms with E-state index >= 15 is 0 Å². The summed E-state index contributed by atoms with van der Waals surface area (Å²) in [5.41, 5.74) is 9.06. The van der Waals surface area contributed by atoms with Crippen molar-refractivity contribution < 1.29 is 0 Å². The van der Waals surface area contributed by atoms with Gasteiger partial charge in [0.25, 0.3) is 0 Å². The highest BCUT2D eigenvalue weighted by atomic mass is 14.8. The van der Waals surface area contributed by atoms with Gasteiger partial charge in [-0.1, -0.05) is 53.2 Å². The predicted octanol–water partition coefficient (Wildman–Crippen LogP) is 6.72. The molecule has 2 N–H and O–H groups in total. The largest absolute Gasteiger partial charge is 0.325 e. The van der Waals surface area contributed by atoms with Crippen LogP contribution in [0.2, 0.25) is 0 Å². The Labute approximate surface area is 167 Å². The van der Waals surface area contributed by atoms with E-state index in [-0.39, 0.29) is 5.54 Å². The van der Waals surface area contributed by atoms with Crippen LogP contribution in [0.15, 0.2) is 12.2 Å². The number of rotatable bonds is 0. The van der Waals surface area contributed by atoms with Gasteiger partial charge < -0.3 is 5.73 Å². The van der Waals surface area contributed by atoms with Crippen LogP contribution in [0.3, 0.4) is 0 Å². The summed E-state index contributed by atoms with van der Waals surface area (Å²) in [6, 6.07) is 0. The Morgan fingerprint density at radius 2 is 1.52 bits per heavy atom. The van der Waals surface area contributed by atoms with E-state index in [0.29, 0.717) is 21.7 Å². The van der Waals surface area contributed by atoms with Crippen LogP contribution >= 0.6 is 0 Å². The molecule has 5 aliphatic carbocycles. The summed E-state index contributed by atoms with van der Waals surface area (Å²) < 4.78 is 0. The fraction of sp³-hybridized carbons (Fsp3) is 0.923. The highest BCUT2D eigenvalue weighted by Crippen LogP contribution is 2.75. The molecule has 5 rings (SSSR count). The van der Waals surface area contributed by atoms with Gasteiger partial charge in [-0.05, 0) is 103 Å². The summed E-state index contributed by atoms with van der Waals surface area (Å²) in [7, 11) is 0.